The average molecular weight is 313 g/mol. The summed E-state index contributed by atoms with van der Waals surface area (Å²) >= 11 is 5.82. The minimum atomic E-state index is -0.659. The van der Waals surface area contributed by atoms with Gasteiger partial charge in [0, 0.05) is 29.9 Å². The van der Waals surface area contributed by atoms with Gasteiger partial charge in [0.2, 0.25) is 0 Å². The van der Waals surface area contributed by atoms with Crippen LogP contribution in [0.25, 0.3) is 0 Å². The van der Waals surface area contributed by atoms with E-state index in [-0.39, 0.29) is 22.8 Å². The van der Waals surface area contributed by atoms with E-state index in [1.165, 1.54) is 18.2 Å². The third-order valence-corrected chi connectivity index (χ3v) is 3.28. The molecule has 0 unspecified atom stereocenters. The molecule has 0 fully saturated rings. The first-order chi connectivity index (χ1) is 9.88. The van der Waals surface area contributed by atoms with Gasteiger partial charge >= 0.3 is 0 Å². The van der Waals surface area contributed by atoms with E-state index in [0.717, 1.165) is 12.1 Å². The lowest BCUT2D eigenvalue weighted by Crippen LogP contribution is -2.04. The summed E-state index contributed by atoms with van der Waals surface area (Å²) in [6.45, 7) is 1.79. The average Bonchev–Trinajstić information content (AvgIpc) is 2.40. The van der Waals surface area contributed by atoms with Crippen molar-refractivity contribution in [3.63, 3.8) is 0 Å². The summed E-state index contributed by atoms with van der Waals surface area (Å²) in [5, 5.41) is 13.7. The molecule has 0 bridgehead atoms. The molecule has 0 spiro atoms. The number of nitro benzene ring substituents is 1. The highest BCUT2D eigenvalue weighted by atomic mass is 35.5. The number of hydrogen-bond donors (Lipinski definition) is 1. The third-order valence-electron chi connectivity index (χ3n) is 2.97. The SMILES string of the molecule is Cc1cc([N+](=O)[O-])c(Cl)cc1NCc1ccc(F)cc1F. The van der Waals surface area contributed by atoms with Crippen LogP contribution < -0.4 is 5.32 Å². The maximum atomic E-state index is 13.5. The molecule has 7 heteroatoms. The van der Waals surface area contributed by atoms with Gasteiger partial charge in [-0.15, -0.1) is 0 Å². The standard InChI is InChI=1S/C14H11ClF2N2O2/c1-8-4-14(19(20)21)11(15)6-13(8)18-7-9-2-3-10(16)5-12(9)17/h2-6,18H,7H2,1H3. The van der Waals surface area contributed by atoms with Gasteiger partial charge in [0.15, 0.2) is 0 Å². The maximum Gasteiger partial charge on any atom is 0.288 e. The number of nitro groups is 1. The van der Waals surface area contributed by atoms with Crippen LogP contribution >= 0.6 is 11.6 Å². The number of nitrogens with zero attached hydrogens (tertiary/aromatic N) is 1. The number of hydrogen-bond acceptors (Lipinski definition) is 3. The fraction of sp³-hybridized carbons (Fsp3) is 0.143. The second-order valence-corrected chi connectivity index (χ2v) is 4.87. The minimum Gasteiger partial charge on any atom is -0.381 e. The van der Waals surface area contributed by atoms with Crippen LogP contribution in [-0.4, -0.2) is 4.92 Å². The molecule has 0 saturated carbocycles. The molecular formula is C14H11ClF2N2O2. The highest BCUT2D eigenvalue weighted by Gasteiger charge is 2.15. The molecule has 0 aliphatic heterocycles. The van der Waals surface area contributed by atoms with Gasteiger partial charge in [0.25, 0.3) is 5.69 Å². The first kappa shape index (κ1) is 15.2. The largest absolute Gasteiger partial charge is 0.381 e. The van der Waals surface area contributed by atoms with Gasteiger partial charge < -0.3 is 5.32 Å². The summed E-state index contributed by atoms with van der Waals surface area (Å²) in [4.78, 5) is 10.2. The molecule has 0 amide bonds. The Labute approximate surface area is 124 Å². The van der Waals surface area contributed by atoms with E-state index in [1.54, 1.807) is 6.92 Å². The van der Waals surface area contributed by atoms with E-state index in [1.807, 2.05) is 0 Å². The normalized spacial score (nSPS) is 10.5. The Morgan fingerprint density at radius 1 is 1.29 bits per heavy atom. The van der Waals surface area contributed by atoms with Crippen molar-refractivity contribution in [1.82, 2.24) is 0 Å². The Hall–Kier alpha value is -2.21. The molecule has 0 saturated heterocycles. The summed E-state index contributed by atoms with van der Waals surface area (Å²) in [6.07, 6.45) is 0. The minimum absolute atomic E-state index is 0.00678. The summed E-state index contributed by atoms with van der Waals surface area (Å²) in [6, 6.07) is 6.05. The second-order valence-electron chi connectivity index (χ2n) is 4.46. The van der Waals surface area contributed by atoms with Crippen LogP contribution in [0.1, 0.15) is 11.1 Å². The Bertz CT molecular complexity index is 708. The van der Waals surface area contributed by atoms with Crippen LogP contribution in [0.2, 0.25) is 5.02 Å². The van der Waals surface area contributed by atoms with E-state index in [4.69, 9.17) is 11.6 Å². The number of aryl methyl sites for hydroxylation is 1. The van der Waals surface area contributed by atoms with Gasteiger partial charge in [-0.3, -0.25) is 10.1 Å². The van der Waals surface area contributed by atoms with Crippen molar-refractivity contribution in [3.05, 3.63) is 68.2 Å². The zero-order valence-corrected chi connectivity index (χ0v) is 11.7. The molecule has 0 radical (unpaired) electrons. The van der Waals surface area contributed by atoms with Gasteiger partial charge in [-0.25, -0.2) is 8.78 Å². The van der Waals surface area contributed by atoms with Gasteiger partial charge in [-0.05, 0) is 24.6 Å². The number of halogens is 3. The van der Waals surface area contributed by atoms with E-state index < -0.39 is 16.6 Å². The van der Waals surface area contributed by atoms with Crippen molar-refractivity contribution < 1.29 is 13.7 Å². The van der Waals surface area contributed by atoms with Crippen molar-refractivity contribution >= 4 is 23.0 Å². The van der Waals surface area contributed by atoms with Crippen LogP contribution in [-0.2, 0) is 6.54 Å². The monoisotopic (exact) mass is 312 g/mol. The Morgan fingerprint density at radius 3 is 2.62 bits per heavy atom. The van der Waals surface area contributed by atoms with Crippen molar-refractivity contribution in [2.24, 2.45) is 0 Å². The van der Waals surface area contributed by atoms with Crippen LogP contribution in [0.3, 0.4) is 0 Å². The van der Waals surface area contributed by atoms with Crippen molar-refractivity contribution in [1.29, 1.82) is 0 Å². The predicted octanol–water partition coefficient (Wildman–Crippen LogP) is 4.45. The molecular weight excluding hydrogens is 302 g/mol. The van der Waals surface area contributed by atoms with Gasteiger partial charge in [-0.2, -0.15) is 0 Å². The Balaban J connectivity index is 2.20. The molecule has 2 rings (SSSR count). The Kier molecular flexibility index (Phi) is 4.37. The molecule has 4 nitrogen and oxygen atoms in total. The molecule has 21 heavy (non-hydrogen) atoms. The molecule has 110 valence electrons. The molecule has 0 heterocycles. The van der Waals surface area contributed by atoms with Crippen LogP contribution in [0.15, 0.2) is 30.3 Å². The predicted molar refractivity (Wildman–Crippen MR) is 76.5 cm³/mol. The fourth-order valence-electron chi connectivity index (χ4n) is 1.85. The molecule has 2 aromatic rings. The lowest BCUT2D eigenvalue weighted by Gasteiger charge is -2.11. The van der Waals surface area contributed by atoms with Gasteiger partial charge in [0.1, 0.15) is 16.7 Å². The second kappa shape index (κ2) is 6.05. The molecule has 0 aliphatic carbocycles. The summed E-state index contributed by atoms with van der Waals surface area (Å²) in [5.41, 5.74) is 1.25. The quantitative estimate of drug-likeness (QED) is 0.670. The molecule has 0 aliphatic rings. The van der Waals surface area contributed by atoms with Crippen LogP contribution in [0.4, 0.5) is 20.2 Å². The van der Waals surface area contributed by atoms with Crippen LogP contribution in [0.5, 0.6) is 0 Å². The first-order valence-electron chi connectivity index (χ1n) is 6.01. The number of rotatable bonds is 4. The summed E-state index contributed by atoms with van der Waals surface area (Å²) in [5.74, 6) is -1.31. The van der Waals surface area contributed by atoms with Crippen molar-refractivity contribution in [2.75, 3.05) is 5.32 Å². The highest BCUT2D eigenvalue weighted by molar-refractivity contribution is 6.33. The van der Waals surface area contributed by atoms with E-state index in [0.29, 0.717) is 11.3 Å². The highest BCUT2D eigenvalue weighted by Crippen LogP contribution is 2.30. The van der Waals surface area contributed by atoms with Crippen molar-refractivity contribution in [3.8, 4) is 0 Å². The fourth-order valence-corrected chi connectivity index (χ4v) is 2.08. The first-order valence-corrected chi connectivity index (χ1v) is 6.38. The maximum absolute atomic E-state index is 13.5. The van der Waals surface area contributed by atoms with E-state index >= 15 is 0 Å². The smallest absolute Gasteiger partial charge is 0.288 e. The lowest BCUT2D eigenvalue weighted by atomic mass is 10.1. The summed E-state index contributed by atoms with van der Waals surface area (Å²) in [7, 11) is 0. The zero-order chi connectivity index (χ0) is 15.6. The van der Waals surface area contributed by atoms with Gasteiger partial charge in [-0.1, -0.05) is 17.7 Å². The lowest BCUT2D eigenvalue weighted by molar-refractivity contribution is -0.384. The molecule has 2 aromatic carbocycles. The zero-order valence-electron chi connectivity index (χ0n) is 11.0. The number of anilines is 1. The summed E-state index contributed by atoms with van der Waals surface area (Å²) < 4.78 is 26.3. The Morgan fingerprint density at radius 2 is 2.00 bits per heavy atom. The topological polar surface area (TPSA) is 55.2 Å². The van der Waals surface area contributed by atoms with Crippen molar-refractivity contribution in [2.45, 2.75) is 13.5 Å². The number of nitrogens with one attached hydrogen (secondary N) is 1. The van der Waals surface area contributed by atoms with Gasteiger partial charge in [0.05, 0.1) is 4.92 Å². The van der Waals surface area contributed by atoms with E-state index in [9.17, 15) is 18.9 Å². The van der Waals surface area contributed by atoms with Crippen LogP contribution in [0, 0.1) is 28.7 Å². The van der Waals surface area contributed by atoms with E-state index in [2.05, 4.69) is 5.32 Å². The molecule has 1 N–H and O–H groups in total. The third kappa shape index (κ3) is 3.46. The number of benzene rings is 2. The molecule has 0 atom stereocenters. The molecule has 0 aromatic heterocycles.